The molecule has 0 aliphatic heterocycles. The van der Waals surface area contributed by atoms with E-state index in [-0.39, 0.29) is 18.1 Å². The molecule has 0 atom stereocenters. The van der Waals surface area contributed by atoms with Crippen LogP contribution in [0.5, 0.6) is 0 Å². The Labute approximate surface area is 108 Å². The minimum Gasteiger partial charge on any atom is -0.481 e. The van der Waals surface area contributed by atoms with Crippen LogP contribution in [0.1, 0.15) is 12.8 Å². The van der Waals surface area contributed by atoms with Gasteiger partial charge in [0.2, 0.25) is 5.91 Å². The molecule has 8 heteroatoms. The number of aliphatic carboxylic acids is 1. The van der Waals surface area contributed by atoms with Gasteiger partial charge in [-0.1, -0.05) is 11.8 Å². The van der Waals surface area contributed by atoms with Crippen LogP contribution in [0.2, 0.25) is 0 Å². The number of carboxylic acid groups (broad SMARTS) is 1. The molecule has 1 aromatic rings. The second-order valence-electron chi connectivity index (χ2n) is 3.38. The zero-order valence-corrected chi connectivity index (χ0v) is 10.4. The lowest BCUT2D eigenvalue weighted by Crippen LogP contribution is -2.26. The Morgan fingerprint density at radius 1 is 1.39 bits per heavy atom. The molecule has 4 N–H and O–H groups in total. The van der Waals surface area contributed by atoms with Gasteiger partial charge in [-0.05, 0) is 6.42 Å². The highest BCUT2D eigenvalue weighted by Gasteiger charge is 2.06. The molecule has 1 rings (SSSR count). The van der Waals surface area contributed by atoms with Crippen LogP contribution in [-0.4, -0.2) is 39.2 Å². The van der Waals surface area contributed by atoms with Crippen molar-refractivity contribution in [1.82, 2.24) is 15.3 Å². The van der Waals surface area contributed by atoms with E-state index in [1.165, 1.54) is 24.2 Å². The molecule has 0 spiro atoms. The summed E-state index contributed by atoms with van der Waals surface area (Å²) in [7, 11) is 0. The maximum Gasteiger partial charge on any atom is 0.303 e. The van der Waals surface area contributed by atoms with Crippen molar-refractivity contribution in [3.8, 4) is 0 Å². The molecule has 0 aliphatic carbocycles. The first-order valence-corrected chi connectivity index (χ1v) is 6.26. The molecule has 0 aliphatic rings. The van der Waals surface area contributed by atoms with Crippen LogP contribution in [0, 0.1) is 0 Å². The third-order valence-corrected chi connectivity index (χ3v) is 2.92. The summed E-state index contributed by atoms with van der Waals surface area (Å²) in [5, 5.41) is 11.5. The van der Waals surface area contributed by atoms with Crippen molar-refractivity contribution < 1.29 is 14.7 Å². The topological polar surface area (TPSA) is 118 Å². The smallest absolute Gasteiger partial charge is 0.303 e. The first-order valence-electron chi connectivity index (χ1n) is 5.27. The summed E-state index contributed by atoms with van der Waals surface area (Å²) >= 11 is 1.19. The standard InChI is InChI=1S/C10H14N4O3S/c11-9-10(14-5-4-13-9)18-6-7(15)12-3-1-2-8(16)17/h4-5H,1-3,6H2,(H2,11,13)(H,12,15)(H,16,17). The van der Waals surface area contributed by atoms with Crippen LogP contribution in [0.3, 0.4) is 0 Å². The Morgan fingerprint density at radius 3 is 2.78 bits per heavy atom. The first kappa shape index (κ1) is 14.2. The number of anilines is 1. The Hall–Kier alpha value is -1.83. The quantitative estimate of drug-likeness (QED) is 0.476. The van der Waals surface area contributed by atoms with Gasteiger partial charge in [0.05, 0.1) is 5.75 Å². The van der Waals surface area contributed by atoms with E-state index in [1.54, 1.807) is 0 Å². The van der Waals surface area contributed by atoms with Gasteiger partial charge < -0.3 is 16.2 Å². The average Bonchev–Trinajstić information content (AvgIpc) is 2.33. The first-order chi connectivity index (χ1) is 8.59. The van der Waals surface area contributed by atoms with E-state index in [4.69, 9.17) is 10.8 Å². The molecular formula is C10H14N4O3S. The molecule has 1 amide bonds. The maximum absolute atomic E-state index is 11.4. The molecule has 0 aromatic carbocycles. The molecule has 0 radical (unpaired) electrons. The Bertz CT molecular complexity index is 427. The Kier molecular flexibility index (Phi) is 5.92. The summed E-state index contributed by atoms with van der Waals surface area (Å²) in [6.45, 7) is 0.349. The Balaban J connectivity index is 2.21. The van der Waals surface area contributed by atoms with Gasteiger partial charge in [0.25, 0.3) is 0 Å². The number of aromatic nitrogens is 2. The lowest BCUT2D eigenvalue weighted by Gasteiger charge is -2.04. The van der Waals surface area contributed by atoms with Crippen molar-refractivity contribution in [2.24, 2.45) is 0 Å². The number of amides is 1. The average molecular weight is 270 g/mol. The van der Waals surface area contributed by atoms with Crippen molar-refractivity contribution in [2.75, 3.05) is 18.0 Å². The molecule has 1 heterocycles. The molecule has 0 saturated carbocycles. The number of carbonyl (C=O) groups is 2. The molecule has 0 fully saturated rings. The number of nitrogens with zero attached hydrogens (tertiary/aromatic N) is 2. The lowest BCUT2D eigenvalue weighted by molar-refractivity contribution is -0.137. The third kappa shape index (κ3) is 5.48. The highest BCUT2D eigenvalue weighted by molar-refractivity contribution is 8.00. The monoisotopic (exact) mass is 270 g/mol. The SMILES string of the molecule is Nc1nccnc1SCC(=O)NCCCC(=O)O. The molecule has 7 nitrogen and oxygen atoms in total. The number of hydrogen-bond donors (Lipinski definition) is 3. The third-order valence-electron chi connectivity index (χ3n) is 1.92. The maximum atomic E-state index is 11.4. The minimum absolute atomic E-state index is 0.0462. The van der Waals surface area contributed by atoms with Crippen molar-refractivity contribution >= 4 is 29.5 Å². The van der Waals surface area contributed by atoms with Gasteiger partial charge in [-0.15, -0.1) is 0 Å². The van der Waals surface area contributed by atoms with Crippen LogP contribution in [0.4, 0.5) is 5.82 Å². The summed E-state index contributed by atoms with van der Waals surface area (Å²) < 4.78 is 0. The van der Waals surface area contributed by atoms with Gasteiger partial charge in [0.1, 0.15) is 5.03 Å². The summed E-state index contributed by atoms with van der Waals surface area (Å²) in [4.78, 5) is 29.5. The minimum atomic E-state index is -0.869. The van der Waals surface area contributed by atoms with Gasteiger partial charge >= 0.3 is 5.97 Å². The number of thioether (sulfide) groups is 1. The van der Waals surface area contributed by atoms with Crippen molar-refractivity contribution in [1.29, 1.82) is 0 Å². The molecule has 0 bridgehead atoms. The summed E-state index contributed by atoms with van der Waals surface area (Å²) in [6, 6.07) is 0. The largest absolute Gasteiger partial charge is 0.481 e. The van der Waals surface area contributed by atoms with Crippen molar-refractivity contribution in [3.63, 3.8) is 0 Å². The fourth-order valence-corrected chi connectivity index (χ4v) is 1.81. The van der Waals surface area contributed by atoms with E-state index in [2.05, 4.69) is 15.3 Å². The molecule has 0 saturated heterocycles. The molecule has 18 heavy (non-hydrogen) atoms. The normalized spacial score (nSPS) is 10.0. The highest BCUT2D eigenvalue weighted by Crippen LogP contribution is 2.18. The van der Waals surface area contributed by atoms with Crippen LogP contribution >= 0.6 is 11.8 Å². The number of carbonyl (C=O) groups excluding carboxylic acids is 1. The van der Waals surface area contributed by atoms with E-state index < -0.39 is 5.97 Å². The highest BCUT2D eigenvalue weighted by atomic mass is 32.2. The van der Waals surface area contributed by atoms with Crippen LogP contribution in [-0.2, 0) is 9.59 Å². The van der Waals surface area contributed by atoms with Gasteiger partial charge in [-0.2, -0.15) is 0 Å². The number of rotatable bonds is 7. The molecular weight excluding hydrogens is 256 g/mol. The number of hydrogen-bond acceptors (Lipinski definition) is 6. The number of nitrogens with one attached hydrogen (secondary N) is 1. The summed E-state index contributed by atoms with van der Waals surface area (Å²) in [5.74, 6) is -0.585. The predicted octanol–water partition coefficient (Wildman–Crippen LogP) is 0.132. The summed E-state index contributed by atoms with van der Waals surface area (Å²) in [5.41, 5.74) is 5.57. The second-order valence-corrected chi connectivity index (χ2v) is 4.35. The van der Waals surface area contributed by atoms with Crippen LogP contribution in [0.15, 0.2) is 17.4 Å². The van der Waals surface area contributed by atoms with E-state index >= 15 is 0 Å². The van der Waals surface area contributed by atoms with Gasteiger partial charge in [0.15, 0.2) is 5.82 Å². The Morgan fingerprint density at radius 2 is 2.11 bits per heavy atom. The zero-order chi connectivity index (χ0) is 13.4. The fraction of sp³-hybridized carbons (Fsp3) is 0.400. The van der Waals surface area contributed by atoms with Crippen molar-refractivity contribution in [3.05, 3.63) is 12.4 Å². The van der Waals surface area contributed by atoms with Gasteiger partial charge in [0, 0.05) is 25.4 Å². The lowest BCUT2D eigenvalue weighted by atomic mass is 10.3. The van der Waals surface area contributed by atoms with Gasteiger partial charge in [-0.3, -0.25) is 9.59 Å². The number of nitrogens with two attached hydrogens (primary N) is 1. The van der Waals surface area contributed by atoms with Crippen molar-refractivity contribution in [2.45, 2.75) is 17.9 Å². The van der Waals surface area contributed by atoms with E-state index in [9.17, 15) is 9.59 Å². The van der Waals surface area contributed by atoms with E-state index in [0.29, 0.717) is 23.8 Å². The number of carboxylic acids is 1. The fourth-order valence-electron chi connectivity index (χ4n) is 1.10. The van der Waals surface area contributed by atoms with Gasteiger partial charge in [-0.25, -0.2) is 9.97 Å². The summed E-state index contributed by atoms with van der Waals surface area (Å²) in [6.07, 6.45) is 3.44. The molecule has 1 aromatic heterocycles. The van der Waals surface area contributed by atoms with E-state index in [1.807, 2.05) is 0 Å². The molecule has 0 unspecified atom stereocenters. The predicted molar refractivity (Wildman–Crippen MR) is 67.0 cm³/mol. The van der Waals surface area contributed by atoms with E-state index in [0.717, 1.165) is 0 Å². The van der Waals surface area contributed by atoms with Crippen LogP contribution < -0.4 is 11.1 Å². The zero-order valence-electron chi connectivity index (χ0n) is 9.63. The molecule has 98 valence electrons. The second kappa shape index (κ2) is 7.49. The number of nitrogen functional groups attached to an aromatic ring is 1. The van der Waals surface area contributed by atoms with Crippen LogP contribution in [0.25, 0.3) is 0 Å².